The highest BCUT2D eigenvalue weighted by Crippen LogP contribution is 2.35. The van der Waals surface area contributed by atoms with Crippen LogP contribution in [-0.4, -0.2) is 12.5 Å². The zero-order valence-corrected chi connectivity index (χ0v) is 12.2. The molecule has 1 heterocycles. The first-order chi connectivity index (χ1) is 8.85. The van der Waals surface area contributed by atoms with Crippen molar-refractivity contribution in [2.24, 2.45) is 0 Å². The van der Waals surface area contributed by atoms with E-state index in [2.05, 4.69) is 36.8 Å². The Morgan fingerprint density at radius 2 is 1.22 bits per heavy atom. The summed E-state index contributed by atoms with van der Waals surface area (Å²) in [5.41, 5.74) is 2.54. The predicted octanol–water partition coefficient (Wildman–Crippen LogP) is 5.01. The van der Waals surface area contributed by atoms with Gasteiger partial charge in [-0.2, -0.15) is 0 Å². The van der Waals surface area contributed by atoms with Crippen molar-refractivity contribution < 1.29 is 4.74 Å². The highest BCUT2D eigenvalue weighted by Gasteiger charge is 2.14. The summed E-state index contributed by atoms with van der Waals surface area (Å²) in [5, 5.41) is 0. The zero-order valence-electron chi connectivity index (χ0n) is 10.6. The monoisotopic (exact) mass is 276 g/mol. The van der Waals surface area contributed by atoms with Crippen LogP contribution >= 0.6 is 21.6 Å². The van der Waals surface area contributed by atoms with Crippen molar-refractivity contribution >= 4 is 21.6 Å². The predicted molar refractivity (Wildman–Crippen MR) is 82.8 cm³/mol. The van der Waals surface area contributed by atoms with Gasteiger partial charge in [0.15, 0.2) is 0 Å². The van der Waals surface area contributed by atoms with Crippen LogP contribution in [0.5, 0.6) is 11.5 Å². The van der Waals surface area contributed by atoms with Gasteiger partial charge in [-0.1, -0.05) is 58.0 Å². The molecule has 0 atom stereocenters. The van der Waals surface area contributed by atoms with Crippen molar-refractivity contribution in [1.82, 2.24) is 0 Å². The van der Waals surface area contributed by atoms with Gasteiger partial charge in [0.05, 0.1) is 0 Å². The van der Waals surface area contributed by atoms with Gasteiger partial charge < -0.3 is 4.74 Å². The fourth-order valence-electron chi connectivity index (χ4n) is 1.82. The number of hydrogen-bond donors (Lipinski definition) is 0. The number of fused-ring (bicyclic) bond motifs is 2. The Morgan fingerprint density at radius 3 is 1.67 bits per heavy atom. The molecule has 0 spiro atoms. The van der Waals surface area contributed by atoms with Crippen LogP contribution in [0.4, 0.5) is 0 Å². The number of para-hydroxylation sites is 2. The molecule has 0 aliphatic carbocycles. The van der Waals surface area contributed by atoms with E-state index in [0.29, 0.717) is 0 Å². The van der Waals surface area contributed by atoms with Crippen LogP contribution in [0.3, 0.4) is 0 Å². The molecule has 0 unspecified atom stereocenters. The molecule has 0 saturated heterocycles. The van der Waals surface area contributed by atoms with E-state index in [1.54, 1.807) is 21.6 Å². The Hall–Kier alpha value is -1.06. The largest absolute Gasteiger partial charge is 0.457 e. The van der Waals surface area contributed by atoms with Crippen molar-refractivity contribution in [3.8, 4) is 11.5 Å². The molecule has 0 aromatic heterocycles. The maximum atomic E-state index is 5.78. The minimum atomic E-state index is 0.979. The Bertz CT molecular complexity index is 422. The topological polar surface area (TPSA) is 9.23 Å². The van der Waals surface area contributed by atoms with E-state index in [1.165, 1.54) is 11.1 Å². The second-order valence-electron chi connectivity index (χ2n) is 3.83. The highest BCUT2D eigenvalue weighted by molar-refractivity contribution is 8.76. The van der Waals surface area contributed by atoms with Gasteiger partial charge in [-0.15, -0.1) is 0 Å². The van der Waals surface area contributed by atoms with Gasteiger partial charge in [-0.05, 0) is 35.8 Å². The lowest BCUT2D eigenvalue weighted by molar-refractivity contribution is 0.460. The molecule has 0 saturated carbocycles. The maximum Gasteiger partial charge on any atom is 0.130 e. The molecule has 1 aliphatic heterocycles. The lowest BCUT2D eigenvalue weighted by Gasteiger charge is -2.19. The van der Waals surface area contributed by atoms with Crippen LogP contribution in [0.25, 0.3) is 0 Å². The molecule has 3 heteroatoms. The van der Waals surface area contributed by atoms with Crippen LogP contribution < -0.4 is 4.74 Å². The third-order valence-corrected chi connectivity index (χ3v) is 4.05. The highest BCUT2D eigenvalue weighted by atomic mass is 33.1. The van der Waals surface area contributed by atoms with Gasteiger partial charge in [0, 0.05) is 6.42 Å². The average molecular weight is 276 g/mol. The summed E-state index contributed by atoms with van der Waals surface area (Å²) < 4.78 is 5.78. The van der Waals surface area contributed by atoms with Crippen molar-refractivity contribution in [1.29, 1.82) is 0 Å². The first-order valence-electron chi connectivity index (χ1n) is 5.75. The summed E-state index contributed by atoms with van der Waals surface area (Å²) in [7, 11) is 3.55. The molecule has 0 radical (unpaired) electrons. The number of benzene rings is 2. The van der Waals surface area contributed by atoms with E-state index in [1.807, 2.05) is 24.3 Å². The molecule has 1 aliphatic rings. The molecule has 2 aromatic carbocycles. The van der Waals surface area contributed by atoms with E-state index < -0.39 is 0 Å². The molecule has 0 bridgehead atoms. The van der Waals surface area contributed by atoms with Gasteiger partial charge in [0.25, 0.3) is 0 Å². The van der Waals surface area contributed by atoms with Crippen LogP contribution in [-0.2, 0) is 6.42 Å². The zero-order chi connectivity index (χ0) is 12.8. The minimum Gasteiger partial charge on any atom is -0.457 e. The van der Waals surface area contributed by atoms with Crippen LogP contribution in [0.1, 0.15) is 11.1 Å². The second kappa shape index (κ2) is 6.76. The third-order valence-electron chi connectivity index (χ3n) is 2.71. The average Bonchev–Trinajstić information content (AvgIpc) is 2.45. The quantitative estimate of drug-likeness (QED) is 0.578. The van der Waals surface area contributed by atoms with Crippen molar-refractivity contribution in [2.45, 2.75) is 6.42 Å². The normalized spacial score (nSPS) is 11.4. The summed E-state index contributed by atoms with van der Waals surface area (Å²) in [4.78, 5) is 0. The fraction of sp³-hybridized carbons (Fsp3) is 0.200. The molecular formula is C15H16OS2. The van der Waals surface area contributed by atoms with Crippen LogP contribution in [0.15, 0.2) is 48.5 Å². The molecule has 94 valence electrons. The molecule has 0 fully saturated rings. The molecule has 0 amide bonds. The molecule has 18 heavy (non-hydrogen) atoms. The standard InChI is InChI=1S/C13H10O.C2H6S2/c1-3-7-12-10(5-1)9-11-6-2-4-8-13(11)14-12;1-3-4-2/h1-8H,9H2;1-2H3. The summed E-state index contributed by atoms with van der Waals surface area (Å²) in [5.74, 6) is 1.98. The van der Waals surface area contributed by atoms with Crippen LogP contribution in [0.2, 0.25) is 0 Å². The van der Waals surface area contributed by atoms with Crippen molar-refractivity contribution in [2.75, 3.05) is 12.5 Å². The molecule has 0 N–H and O–H groups in total. The van der Waals surface area contributed by atoms with Gasteiger partial charge in [0.2, 0.25) is 0 Å². The second-order valence-corrected chi connectivity index (χ2v) is 6.49. The molecule has 1 nitrogen and oxygen atoms in total. The fourth-order valence-corrected chi connectivity index (χ4v) is 1.82. The van der Waals surface area contributed by atoms with E-state index in [0.717, 1.165) is 17.9 Å². The van der Waals surface area contributed by atoms with Crippen molar-refractivity contribution in [3.63, 3.8) is 0 Å². The van der Waals surface area contributed by atoms with Crippen LogP contribution in [0, 0.1) is 0 Å². The maximum absolute atomic E-state index is 5.78. The van der Waals surface area contributed by atoms with E-state index in [9.17, 15) is 0 Å². The summed E-state index contributed by atoms with van der Waals surface area (Å²) in [6.07, 6.45) is 5.10. The number of ether oxygens (including phenoxy) is 1. The van der Waals surface area contributed by atoms with E-state index in [-0.39, 0.29) is 0 Å². The first-order valence-corrected chi connectivity index (χ1v) is 8.72. The Morgan fingerprint density at radius 1 is 0.778 bits per heavy atom. The number of hydrogen-bond acceptors (Lipinski definition) is 3. The third kappa shape index (κ3) is 3.24. The van der Waals surface area contributed by atoms with Gasteiger partial charge >= 0.3 is 0 Å². The van der Waals surface area contributed by atoms with Gasteiger partial charge in [-0.25, -0.2) is 0 Å². The van der Waals surface area contributed by atoms with Crippen molar-refractivity contribution in [3.05, 3.63) is 59.7 Å². The molecule has 2 aromatic rings. The summed E-state index contributed by atoms with van der Waals surface area (Å²) in [6, 6.07) is 16.4. The van der Waals surface area contributed by atoms with E-state index in [4.69, 9.17) is 4.74 Å². The lowest BCUT2D eigenvalue weighted by atomic mass is 10.0. The number of rotatable bonds is 1. The Balaban J connectivity index is 0.000000267. The minimum absolute atomic E-state index is 0.979. The van der Waals surface area contributed by atoms with Gasteiger partial charge in [0.1, 0.15) is 11.5 Å². The first kappa shape index (κ1) is 13.4. The Kier molecular flexibility index (Phi) is 5.02. The molecular weight excluding hydrogens is 260 g/mol. The Labute approximate surface area is 116 Å². The summed E-state index contributed by atoms with van der Waals surface area (Å²) in [6.45, 7) is 0. The van der Waals surface area contributed by atoms with Gasteiger partial charge in [-0.3, -0.25) is 0 Å². The lowest BCUT2D eigenvalue weighted by Crippen LogP contribution is -2.01. The van der Waals surface area contributed by atoms with E-state index >= 15 is 0 Å². The smallest absolute Gasteiger partial charge is 0.130 e. The SMILES string of the molecule is CSSC.c1ccc2c(c1)Cc1ccccc1O2. The summed E-state index contributed by atoms with van der Waals surface area (Å²) >= 11 is 0. The molecule has 3 rings (SSSR count).